The van der Waals surface area contributed by atoms with Gasteiger partial charge in [0.2, 0.25) is 0 Å². The maximum absolute atomic E-state index is 6.05. The second-order valence-electron chi connectivity index (χ2n) is 5.99. The molecule has 0 aliphatic carbocycles. The van der Waals surface area contributed by atoms with Gasteiger partial charge in [-0.1, -0.05) is 25.5 Å². The molecule has 1 saturated heterocycles. The molecule has 1 fully saturated rings. The van der Waals surface area contributed by atoms with Crippen LogP contribution in [0.4, 0.5) is 0 Å². The van der Waals surface area contributed by atoms with E-state index in [1.165, 1.54) is 32.5 Å². The SMILES string of the molecule is CCCCN1CCN(C[C@H]2COc3ccccc3O2)CC1. The molecule has 1 atom stereocenters. The van der Waals surface area contributed by atoms with E-state index in [0.717, 1.165) is 31.1 Å². The number of ether oxygens (including phenoxy) is 2. The summed E-state index contributed by atoms with van der Waals surface area (Å²) < 4.78 is 11.8. The monoisotopic (exact) mass is 290 g/mol. The molecule has 21 heavy (non-hydrogen) atoms. The zero-order chi connectivity index (χ0) is 14.5. The zero-order valence-corrected chi connectivity index (χ0v) is 13.0. The summed E-state index contributed by atoms with van der Waals surface area (Å²) in [5.74, 6) is 1.76. The Labute approximate surface area is 127 Å². The molecule has 2 aliphatic heterocycles. The van der Waals surface area contributed by atoms with Crippen LogP contribution < -0.4 is 9.47 Å². The first kappa shape index (κ1) is 14.7. The predicted molar refractivity (Wildman–Crippen MR) is 84.1 cm³/mol. The van der Waals surface area contributed by atoms with Crippen molar-refractivity contribution in [1.29, 1.82) is 0 Å². The molecule has 4 heteroatoms. The van der Waals surface area contributed by atoms with Gasteiger partial charge in [-0.2, -0.15) is 0 Å². The summed E-state index contributed by atoms with van der Waals surface area (Å²) in [5, 5.41) is 0. The molecule has 0 bridgehead atoms. The van der Waals surface area contributed by atoms with E-state index < -0.39 is 0 Å². The van der Waals surface area contributed by atoms with Crippen LogP contribution in [-0.4, -0.2) is 61.8 Å². The molecule has 0 aromatic heterocycles. The van der Waals surface area contributed by atoms with Gasteiger partial charge in [0.1, 0.15) is 12.7 Å². The van der Waals surface area contributed by atoms with E-state index in [1.54, 1.807) is 0 Å². The molecular weight excluding hydrogens is 264 g/mol. The van der Waals surface area contributed by atoms with Crippen LogP contribution in [0.2, 0.25) is 0 Å². The van der Waals surface area contributed by atoms with Crippen molar-refractivity contribution >= 4 is 0 Å². The van der Waals surface area contributed by atoms with Gasteiger partial charge in [0.25, 0.3) is 0 Å². The van der Waals surface area contributed by atoms with Crippen LogP contribution in [0.15, 0.2) is 24.3 Å². The highest BCUT2D eigenvalue weighted by Gasteiger charge is 2.25. The number of piperazine rings is 1. The highest BCUT2D eigenvalue weighted by atomic mass is 16.6. The molecule has 0 unspecified atom stereocenters. The van der Waals surface area contributed by atoms with Gasteiger partial charge in [0.15, 0.2) is 11.5 Å². The van der Waals surface area contributed by atoms with E-state index in [1.807, 2.05) is 24.3 Å². The number of fused-ring (bicyclic) bond motifs is 1. The Balaban J connectivity index is 1.44. The Hall–Kier alpha value is -1.26. The molecule has 0 spiro atoms. The van der Waals surface area contributed by atoms with Crippen LogP contribution >= 0.6 is 0 Å². The summed E-state index contributed by atoms with van der Waals surface area (Å²) in [7, 11) is 0. The quantitative estimate of drug-likeness (QED) is 0.830. The summed E-state index contributed by atoms with van der Waals surface area (Å²) in [5.41, 5.74) is 0. The normalized spacial score (nSPS) is 23.2. The van der Waals surface area contributed by atoms with E-state index in [4.69, 9.17) is 9.47 Å². The standard InChI is InChI=1S/C17H26N2O2/c1-2-3-8-18-9-11-19(12-10-18)13-15-14-20-16-6-4-5-7-17(16)21-15/h4-7,15H,2-3,8-14H2,1H3/t15-/m0/s1. The molecule has 4 nitrogen and oxygen atoms in total. The van der Waals surface area contributed by atoms with Gasteiger partial charge in [-0.3, -0.25) is 4.90 Å². The first-order valence-corrected chi connectivity index (χ1v) is 8.18. The van der Waals surface area contributed by atoms with Crippen molar-refractivity contribution in [1.82, 2.24) is 9.80 Å². The van der Waals surface area contributed by atoms with E-state index in [2.05, 4.69) is 16.7 Å². The molecule has 116 valence electrons. The van der Waals surface area contributed by atoms with Gasteiger partial charge in [0, 0.05) is 32.7 Å². The molecule has 2 heterocycles. The van der Waals surface area contributed by atoms with Gasteiger partial charge in [-0.25, -0.2) is 0 Å². The Bertz CT molecular complexity index is 444. The summed E-state index contributed by atoms with van der Waals surface area (Å²) in [4.78, 5) is 5.08. The lowest BCUT2D eigenvalue weighted by molar-refractivity contribution is 0.0402. The van der Waals surface area contributed by atoms with E-state index in [0.29, 0.717) is 6.61 Å². The zero-order valence-electron chi connectivity index (χ0n) is 13.0. The largest absolute Gasteiger partial charge is 0.486 e. The van der Waals surface area contributed by atoms with Crippen LogP contribution in [-0.2, 0) is 0 Å². The summed E-state index contributed by atoms with van der Waals surface area (Å²) in [6.07, 6.45) is 2.76. The molecule has 0 N–H and O–H groups in total. The lowest BCUT2D eigenvalue weighted by Gasteiger charge is -2.37. The average molecular weight is 290 g/mol. The number of para-hydroxylation sites is 2. The number of benzene rings is 1. The van der Waals surface area contributed by atoms with Crippen molar-refractivity contribution in [3.63, 3.8) is 0 Å². The Morgan fingerprint density at radius 3 is 2.52 bits per heavy atom. The third-order valence-corrected chi connectivity index (χ3v) is 4.32. The smallest absolute Gasteiger partial charge is 0.161 e. The lowest BCUT2D eigenvalue weighted by atomic mass is 10.2. The van der Waals surface area contributed by atoms with Gasteiger partial charge >= 0.3 is 0 Å². The summed E-state index contributed by atoms with van der Waals surface area (Å²) in [6, 6.07) is 7.94. The number of nitrogens with zero attached hydrogens (tertiary/aromatic N) is 2. The van der Waals surface area contributed by atoms with Crippen LogP contribution in [0, 0.1) is 0 Å². The second kappa shape index (κ2) is 7.14. The third kappa shape index (κ3) is 3.89. The van der Waals surface area contributed by atoms with Crippen molar-refractivity contribution < 1.29 is 9.47 Å². The minimum Gasteiger partial charge on any atom is -0.486 e. The Morgan fingerprint density at radius 2 is 1.76 bits per heavy atom. The van der Waals surface area contributed by atoms with Crippen LogP contribution in [0.1, 0.15) is 19.8 Å². The topological polar surface area (TPSA) is 24.9 Å². The third-order valence-electron chi connectivity index (χ3n) is 4.32. The number of unbranched alkanes of at least 4 members (excludes halogenated alkanes) is 1. The van der Waals surface area contributed by atoms with E-state index >= 15 is 0 Å². The molecule has 0 saturated carbocycles. The van der Waals surface area contributed by atoms with Crippen molar-refractivity contribution in [2.24, 2.45) is 0 Å². The van der Waals surface area contributed by atoms with Gasteiger partial charge < -0.3 is 14.4 Å². The maximum Gasteiger partial charge on any atom is 0.161 e. The highest BCUT2D eigenvalue weighted by Crippen LogP contribution is 2.31. The molecule has 0 amide bonds. The molecule has 3 rings (SSSR count). The van der Waals surface area contributed by atoms with Crippen molar-refractivity contribution in [2.75, 3.05) is 45.9 Å². The first-order valence-electron chi connectivity index (χ1n) is 8.18. The minimum atomic E-state index is 0.155. The predicted octanol–water partition coefficient (Wildman–Crippen LogP) is 2.24. The number of hydrogen-bond acceptors (Lipinski definition) is 4. The van der Waals surface area contributed by atoms with Crippen molar-refractivity contribution in [3.8, 4) is 11.5 Å². The average Bonchev–Trinajstić information content (AvgIpc) is 2.54. The fraction of sp³-hybridized carbons (Fsp3) is 0.647. The fourth-order valence-corrected chi connectivity index (χ4v) is 3.02. The molecule has 0 radical (unpaired) electrons. The summed E-state index contributed by atoms with van der Waals surface area (Å²) in [6.45, 7) is 9.79. The van der Waals surface area contributed by atoms with Gasteiger partial charge in [-0.05, 0) is 25.1 Å². The van der Waals surface area contributed by atoms with Crippen LogP contribution in [0.5, 0.6) is 11.5 Å². The van der Waals surface area contributed by atoms with Gasteiger partial charge in [0.05, 0.1) is 0 Å². The second-order valence-corrected chi connectivity index (χ2v) is 5.99. The number of rotatable bonds is 5. The first-order chi connectivity index (χ1) is 10.3. The van der Waals surface area contributed by atoms with Crippen LogP contribution in [0.3, 0.4) is 0 Å². The van der Waals surface area contributed by atoms with Crippen molar-refractivity contribution in [3.05, 3.63) is 24.3 Å². The highest BCUT2D eigenvalue weighted by molar-refractivity contribution is 5.40. The Morgan fingerprint density at radius 1 is 1.05 bits per heavy atom. The van der Waals surface area contributed by atoms with Gasteiger partial charge in [-0.15, -0.1) is 0 Å². The van der Waals surface area contributed by atoms with Crippen LogP contribution in [0.25, 0.3) is 0 Å². The van der Waals surface area contributed by atoms with E-state index in [9.17, 15) is 0 Å². The summed E-state index contributed by atoms with van der Waals surface area (Å²) >= 11 is 0. The maximum atomic E-state index is 6.05. The Kier molecular flexibility index (Phi) is 4.99. The molecule has 1 aromatic carbocycles. The van der Waals surface area contributed by atoms with Crippen molar-refractivity contribution in [2.45, 2.75) is 25.9 Å². The molecule has 1 aromatic rings. The lowest BCUT2D eigenvalue weighted by Crippen LogP contribution is -2.50. The molecule has 2 aliphatic rings. The minimum absolute atomic E-state index is 0.155. The molecular formula is C17H26N2O2. The fourth-order valence-electron chi connectivity index (χ4n) is 3.02. The number of hydrogen-bond donors (Lipinski definition) is 0. The van der Waals surface area contributed by atoms with E-state index in [-0.39, 0.29) is 6.10 Å².